The molecule has 3 aromatic rings. The van der Waals surface area contributed by atoms with Crippen LogP contribution in [0.15, 0.2) is 35.3 Å². The monoisotopic (exact) mass is 274 g/mol. The lowest BCUT2D eigenvalue weighted by atomic mass is 10.3. The first-order valence-electron chi connectivity index (χ1n) is 5.83. The second kappa shape index (κ2) is 4.37. The highest BCUT2D eigenvalue weighted by atomic mass is 19.1. The molecule has 0 saturated carbocycles. The minimum atomic E-state index is -0.559. The Bertz CT molecular complexity index is 853. The average Bonchev–Trinajstić information content (AvgIpc) is 2.71. The number of hydrogen-bond acceptors (Lipinski definition) is 4. The zero-order valence-electron chi connectivity index (χ0n) is 10.6. The van der Waals surface area contributed by atoms with Crippen molar-refractivity contribution in [1.29, 1.82) is 0 Å². The maximum absolute atomic E-state index is 13.4. The van der Waals surface area contributed by atoms with Crippen LogP contribution in [-0.4, -0.2) is 14.5 Å². The Morgan fingerprint density at radius 2 is 2.20 bits per heavy atom. The number of H-pyrrole nitrogens is 1. The molecule has 0 fully saturated rings. The van der Waals surface area contributed by atoms with E-state index in [2.05, 4.69) is 9.97 Å². The molecule has 7 heteroatoms. The Morgan fingerprint density at radius 3 is 2.95 bits per heavy atom. The van der Waals surface area contributed by atoms with Gasteiger partial charge in [0.25, 0.3) is 0 Å². The summed E-state index contributed by atoms with van der Waals surface area (Å²) in [5, 5.41) is 0. The first-order chi connectivity index (χ1) is 9.56. The Morgan fingerprint density at radius 1 is 1.40 bits per heavy atom. The number of hydrogen-bond donors (Lipinski definition) is 2. The number of aromatic amines is 1. The lowest BCUT2D eigenvalue weighted by Crippen LogP contribution is -2.12. The summed E-state index contributed by atoms with van der Waals surface area (Å²) in [5.41, 5.74) is 6.07. The van der Waals surface area contributed by atoms with Crippen molar-refractivity contribution in [2.24, 2.45) is 7.05 Å². The van der Waals surface area contributed by atoms with Crippen LogP contribution < -0.4 is 16.2 Å². The average molecular weight is 274 g/mol. The van der Waals surface area contributed by atoms with E-state index in [4.69, 9.17) is 10.5 Å². The molecule has 0 radical (unpaired) electrons. The number of nitrogens with zero attached hydrogens (tertiary/aromatic N) is 2. The Hall–Kier alpha value is -2.83. The van der Waals surface area contributed by atoms with Crippen molar-refractivity contribution in [1.82, 2.24) is 14.5 Å². The van der Waals surface area contributed by atoms with Gasteiger partial charge in [-0.15, -0.1) is 0 Å². The van der Waals surface area contributed by atoms with E-state index in [0.29, 0.717) is 16.9 Å². The van der Waals surface area contributed by atoms with Crippen molar-refractivity contribution in [3.05, 3.63) is 46.8 Å². The number of fused-ring (bicyclic) bond motifs is 1. The van der Waals surface area contributed by atoms with Gasteiger partial charge in [-0.05, 0) is 12.1 Å². The number of rotatable bonds is 2. The number of nitrogen functional groups attached to an aromatic ring is 1. The highest BCUT2D eigenvalue weighted by molar-refractivity contribution is 5.78. The fraction of sp³-hybridized carbons (Fsp3) is 0.0769. The van der Waals surface area contributed by atoms with E-state index in [-0.39, 0.29) is 17.1 Å². The molecule has 0 atom stereocenters. The molecular weight excluding hydrogens is 263 g/mol. The number of anilines is 1. The van der Waals surface area contributed by atoms with Crippen LogP contribution in [0.3, 0.4) is 0 Å². The summed E-state index contributed by atoms with van der Waals surface area (Å²) in [6, 6.07) is 5.75. The number of nitrogens with one attached hydrogen (secondary N) is 1. The lowest BCUT2D eigenvalue weighted by Gasteiger charge is -2.08. The van der Waals surface area contributed by atoms with Gasteiger partial charge in [0.2, 0.25) is 0 Å². The third-order valence-corrected chi connectivity index (χ3v) is 2.95. The van der Waals surface area contributed by atoms with Gasteiger partial charge in [-0.1, -0.05) is 0 Å². The number of halogens is 1. The number of aryl methyl sites for hydroxylation is 1. The summed E-state index contributed by atoms with van der Waals surface area (Å²) in [6.07, 6.45) is 1.50. The fourth-order valence-corrected chi connectivity index (χ4v) is 1.92. The van der Waals surface area contributed by atoms with Crippen LogP contribution in [0.1, 0.15) is 0 Å². The molecule has 3 N–H and O–H groups in total. The summed E-state index contributed by atoms with van der Waals surface area (Å²) in [5.74, 6) is 0.133. The van der Waals surface area contributed by atoms with Crippen molar-refractivity contribution >= 4 is 16.9 Å². The van der Waals surface area contributed by atoms with Crippen LogP contribution in [-0.2, 0) is 7.05 Å². The van der Waals surface area contributed by atoms with Gasteiger partial charge in [-0.2, -0.15) is 0 Å². The smallest absolute Gasteiger partial charge is 0.327 e. The lowest BCUT2D eigenvalue weighted by molar-refractivity contribution is 0.479. The zero-order chi connectivity index (χ0) is 14.3. The largest absolute Gasteiger partial charge is 0.455 e. The van der Waals surface area contributed by atoms with E-state index in [1.165, 1.54) is 22.9 Å². The van der Waals surface area contributed by atoms with E-state index >= 15 is 0 Å². The normalized spacial score (nSPS) is 10.9. The summed E-state index contributed by atoms with van der Waals surface area (Å²) < 4.78 is 20.4. The van der Waals surface area contributed by atoms with Crippen LogP contribution in [0.4, 0.5) is 10.1 Å². The fourth-order valence-electron chi connectivity index (χ4n) is 1.92. The quantitative estimate of drug-likeness (QED) is 0.697. The second-order valence-corrected chi connectivity index (χ2v) is 4.28. The number of ether oxygens (including phenoxy) is 1. The molecule has 0 amide bonds. The molecular formula is C13H11FN4O2. The Kier molecular flexibility index (Phi) is 2.67. The van der Waals surface area contributed by atoms with Crippen LogP contribution in [0.25, 0.3) is 11.2 Å². The van der Waals surface area contributed by atoms with Crippen molar-refractivity contribution in [2.75, 3.05) is 5.73 Å². The first kappa shape index (κ1) is 12.2. The van der Waals surface area contributed by atoms with Crippen LogP contribution in [0.2, 0.25) is 0 Å². The molecule has 6 nitrogen and oxygen atoms in total. The summed E-state index contributed by atoms with van der Waals surface area (Å²) in [6.45, 7) is 0. The summed E-state index contributed by atoms with van der Waals surface area (Å²) >= 11 is 0. The van der Waals surface area contributed by atoms with E-state index < -0.39 is 5.82 Å². The zero-order valence-corrected chi connectivity index (χ0v) is 10.6. The number of nitrogens with two attached hydrogens (primary N) is 1. The predicted molar refractivity (Wildman–Crippen MR) is 72.2 cm³/mol. The molecule has 1 aromatic carbocycles. The van der Waals surface area contributed by atoms with Gasteiger partial charge >= 0.3 is 5.69 Å². The van der Waals surface area contributed by atoms with Gasteiger partial charge in [0.1, 0.15) is 17.1 Å². The molecule has 20 heavy (non-hydrogen) atoms. The van der Waals surface area contributed by atoms with Gasteiger partial charge in [-0.25, -0.2) is 14.2 Å². The molecule has 3 rings (SSSR count). The van der Waals surface area contributed by atoms with E-state index in [0.717, 1.165) is 0 Å². The third-order valence-electron chi connectivity index (χ3n) is 2.95. The standard InChI is InChI=1S/C13H11FN4O2/c1-18-11-10(4-5-16-12(11)17-13(18)19)20-7-2-3-9(15)8(14)6-7/h2-6H,15H2,1H3,(H,16,17,19). The highest BCUT2D eigenvalue weighted by Crippen LogP contribution is 2.28. The molecule has 2 heterocycles. The van der Waals surface area contributed by atoms with Crippen molar-refractivity contribution in [3.63, 3.8) is 0 Å². The van der Waals surface area contributed by atoms with Crippen molar-refractivity contribution in [2.45, 2.75) is 0 Å². The predicted octanol–water partition coefficient (Wildman–Crippen LogP) is 1.78. The number of pyridine rings is 1. The van der Waals surface area contributed by atoms with E-state index in [1.54, 1.807) is 19.2 Å². The van der Waals surface area contributed by atoms with Crippen LogP contribution >= 0.6 is 0 Å². The van der Waals surface area contributed by atoms with E-state index in [9.17, 15) is 9.18 Å². The third kappa shape index (κ3) is 1.89. The second-order valence-electron chi connectivity index (χ2n) is 4.28. The molecule has 0 aliphatic rings. The minimum absolute atomic E-state index is 0.0475. The minimum Gasteiger partial charge on any atom is -0.455 e. The highest BCUT2D eigenvalue weighted by Gasteiger charge is 2.11. The van der Waals surface area contributed by atoms with Gasteiger partial charge in [-0.3, -0.25) is 9.55 Å². The topological polar surface area (TPSA) is 85.9 Å². The van der Waals surface area contributed by atoms with Gasteiger partial charge in [0.05, 0.1) is 5.69 Å². The van der Waals surface area contributed by atoms with Gasteiger partial charge < -0.3 is 10.5 Å². The molecule has 0 aliphatic carbocycles. The number of imidazole rings is 1. The summed E-state index contributed by atoms with van der Waals surface area (Å²) in [7, 11) is 1.60. The van der Waals surface area contributed by atoms with Crippen molar-refractivity contribution < 1.29 is 9.13 Å². The molecule has 0 spiro atoms. The van der Waals surface area contributed by atoms with Gasteiger partial charge in [0, 0.05) is 25.4 Å². The number of benzene rings is 1. The SMILES string of the molecule is Cn1c(=O)[nH]c2nccc(Oc3ccc(N)c(F)c3)c21. The molecule has 0 bridgehead atoms. The van der Waals surface area contributed by atoms with Crippen molar-refractivity contribution in [3.8, 4) is 11.5 Å². The Labute approximate surface area is 112 Å². The van der Waals surface area contributed by atoms with Crippen LogP contribution in [0, 0.1) is 5.82 Å². The molecule has 0 saturated heterocycles. The molecule has 0 unspecified atom stereocenters. The summed E-state index contributed by atoms with van der Waals surface area (Å²) in [4.78, 5) is 18.2. The van der Waals surface area contributed by atoms with E-state index in [1.807, 2.05) is 0 Å². The molecule has 0 aliphatic heterocycles. The maximum atomic E-state index is 13.4. The first-order valence-corrected chi connectivity index (χ1v) is 5.83. The molecule has 102 valence electrons. The molecule has 2 aromatic heterocycles. The Balaban J connectivity index is 2.10. The van der Waals surface area contributed by atoms with Gasteiger partial charge in [0.15, 0.2) is 11.4 Å². The number of aromatic nitrogens is 3. The van der Waals surface area contributed by atoms with Crippen LogP contribution in [0.5, 0.6) is 11.5 Å². The maximum Gasteiger partial charge on any atom is 0.327 e.